The minimum Gasteiger partial charge on any atom is -0.495 e. The summed E-state index contributed by atoms with van der Waals surface area (Å²) in [4.78, 5) is 29.0. The highest BCUT2D eigenvalue weighted by Crippen LogP contribution is 2.55. The Kier molecular flexibility index (Phi) is 4.48. The number of halogens is 2. The zero-order chi connectivity index (χ0) is 21.0. The molecule has 2 amide bonds. The van der Waals surface area contributed by atoms with Crippen LogP contribution in [0.25, 0.3) is 0 Å². The van der Waals surface area contributed by atoms with Crippen molar-refractivity contribution in [3.8, 4) is 5.75 Å². The number of hydrogen-bond acceptors (Lipinski definition) is 4. The third kappa shape index (κ3) is 2.65. The van der Waals surface area contributed by atoms with Crippen molar-refractivity contribution < 1.29 is 18.7 Å². The van der Waals surface area contributed by atoms with Crippen LogP contribution in [0.4, 0.5) is 15.8 Å². The van der Waals surface area contributed by atoms with E-state index in [4.69, 9.17) is 16.3 Å². The van der Waals surface area contributed by atoms with Crippen molar-refractivity contribution in [2.45, 2.75) is 30.8 Å². The second-order valence-electron chi connectivity index (χ2n) is 8.02. The number of carbonyl (C=O) groups is 2. The summed E-state index contributed by atoms with van der Waals surface area (Å²) in [6.45, 7) is 0.693. The average Bonchev–Trinajstić information content (AvgIpc) is 3.37. The SMILES string of the molecule is COc1ccc(Cl)cc1NC(=O)[C@@H]1C[C@@H]2CCCN2[C@]12C(=O)Nc1ccc(F)cc12. The van der Waals surface area contributed by atoms with Crippen molar-refractivity contribution >= 4 is 34.8 Å². The molecule has 0 bridgehead atoms. The first-order chi connectivity index (χ1) is 14.4. The quantitative estimate of drug-likeness (QED) is 0.779. The second kappa shape index (κ2) is 6.96. The summed E-state index contributed by atoms with van der Waals surface area (Å²) in [6.07, 6.45) is 2.38. The number of fused-ring (bicyclic) bond motifs is 4. The molecule has 3 aliphatic rings. The predicted octanol–water partition coefficient (Wildman–Crippen LogP) is 3.76. The second-order valence-corrected chi connectivity index (χ2v) is 8.46. The minimum atomic E-state index is -1.21. The Morgan fingerprint density at radius 2 is 2.17 bits per heavy atom. The van der Waals surface area contributed by atoms with Gasteiger partial charge in [0, 0.05) is 22.3 Å². The first kappa shape index (κ1) is 19.3. The van der Waals surface area contributed by atoms with Crippen LogP contribution in [0.3, 0.4) is 0 Å². The number of benzene rings is 2. The standard InChI is InChI=1S/C22H21ClFN3O3/c1-30-19-7-4-12(23)9-18(19)25-20(28)16-11-14-3-2-8-27(14)22(16)15-10-13(24)5-6-17(15)26-21(22)29/h4-7,9-10,14,16H,2-3,8,11H2,1H3,(H,25,28)(H,26,29)/t14-,16-,22-/m0/s1. The summed E-state index contributed by atoms with van der Waals surface area (Å²) in [5, 5.41) is 6.24. The van der Waals surface area contributed by atoms with Crippen molar-refractivity contribution in [2.24, 2.45) is 5.92 Å². The lowest BCUT2D eigenvalue weighted by Gasteiger charge is -2.36. The minimum absolute atomic E-state index is 0.0991. The molecule has 0 saturated carbocycles. The van der Waals surface area contributed by atoms with Gasteiger partial charge in [-0.15, -0.1) is 0 Å². The van der Waals surface area contributed by atoms with Gasteiger partial charge >= 0.3 is 0 Å². The zero-order valence-electron chi connectivity index (χ0n) is 16.4. The lowest BCUT2D eigenvalue weighted by Crippen LogP contribution is -2.53. The first-order valence-electron chi connectivity index (χ1n) is 9.97. The molecule has 0 unspecified atom stereocenters. The normalized spacial score (nSPS) is 27.1. The van der Waals surface area contributed by atoms with Gasteiger partial charge in [-0.25, -0.2) is 4.39 Å². The molecule has 0 aliphatic carbocycles. The molecule has 2 N–H and O–H groups in total. The molecule has 2 aromatic rings. The maximum absolute atomic E-state index is 14.2. The van der Waals surface area contributed by atoms with Crippen LogP contribution in [-0.2, 0) is 15.1 Å². The summed E-state index contributed by atoms with van der Waals surface area (Å²) >= 11 is 6.10. The van der Waals surface area contributed by atoms with Gasteiger partial charge in [0.05, 0.1) is 18.7 Å². The Hall–Kier alpha value is -2.64. The van der Waals surface area contributed by atoms with E-state index in [1.165, 1.54) is 19.2 Å². The van der Waals surface area contributed by atoms with E-state index < -0.39 is 17.3 Å². The molecule has 156 valence electrons. The Morgan fingerprint density at radius 3 is 2.97 bits per heavy atom. The third-order valence-corrected chi connectivity index (χ3v) is 6.80. The number of amides is 2. The molecule has 5 rings (SSSR count). The van der Waals surface area contributed by atoms with Gasteiger partial charge in [-0.1, -0.05) is 11.6 Å². The van der Waals surface area contributed by atoms with Crippen molar-refractivity contribution in [3.63, 3.8) is 0 Å². The number of rotatable bonds is 3. The largest absolute Gasteiger partial charge is 0.495 e. The molecule has 3 aliphatic heterocycles. The van der Waals surface area contributed by atoms with E-state index in [1.807, 2.05) is 0 Å². The smallest absolute Gasteiger partial charge is 0.250 e. The molecule has 3 heterocycles. The molecule has 2 aromatic carbocycles. The topological polar surface area (TPSA) is 70.7 Å². The van der Waals surface area contributed by atoms with Crippen molar-refractivity contribution in [3.05, 3.63) is 52.8 Å². The molecular formula is C22H21ClFN3O3. The zero-order valence-corrected chi connectivity index (χ0v) is 17.1. The molecule has 8 heteroatoms. The Bertz CT molecular complexity index is 1060. The van der Waals surface area contributed by atoms with Gasteiger partial charge < -0.3 is 15.4 Å². The average molecular weight is 430 g/mol. The van der Waals surface area contributed by atoms with Crippen LogP contribution in [0, 0.1) is 11.7 Å². The summed E-state index contributed by atoms with van der Waals surface area (Å²) in [5.74, 6) is -1.21. The van der Waals surface area contributed by atoms with Gasteiger partial charge in [-0.3, -0.25) is 14.5 Å². The van der Waals surface area contributed by atoms with Crippen LogP contribution >= 0.6 is 11.6 Å². The molecule has 30 heavy (non-hydrogen) atoms. The maximum Gasteiger partial charge on any atom is 0.250 e. The van der Waals surface area contributed by atoms with Gasteiger partial charge in [0.15, 0.2) is 0 Å². The highest BCUT2D eigenvalue weighted by molar-refractivity contribution is 6.31. The predicted molar refractivity (Wildman–Crippen MR) is 111 cm³/mol. The van der Waals surface area contributed by atoms with E-state index in [1.54, 1.807) is 24.3 Å². The van der Waals surface area contributed by atoms with E-state index in [9.17, 15) is 14.0 Å². The van der Waals surface area contributed by atoms with Crippen LogP contribution in [0.2, 0.25) is 5.02 Å². The van der Waals surface area contributed by atoms with Crippen LogP contribution in [0.5, 0.6) is 5.75 Å². The Morgan fingerprint density at radius 1 is 1.33 bits per heavy atom. The van der Waals surface area contributed by atoms with Crippen LogP contribution < -0.4 is 15.4 Å². The van der Waals surface area contributed by atoms with Crippen molar-refractivity contribution in [1.29, 1.82) is 0 Å². The number of anilines is 2. The van der Waals surface area contributed by atoms with Crippen molar-refractivity contribution in [1.82, 2.24) is 4.90 Å². The van der Waals surface area contributed by atoms with E-state index in [0.717, 1.165) is 12.8 Å². The van der Waals surface area contributed by atoms with Gasteiger partial charge in [0.1, 0.15) is 17.1 Å². The highest BCUT2D eigenvalue weighted by atomic mass is 35.5. The summed E-state index contributed by atoms with van der Waals surface area (Å²) in [7, 11) is 1.51. The Labute approximate surface area is 178 Å². The number of ether oxygens (including phenoxy) is 1. The molecule has 0 aromatic heterocycles. The lowest BCUT2D eigenvalue weighted by atomic mass is 9.78. The molecule has 6 nitrogen and oxygen atoms in total. The van der Waals surface area contributed by atoms with Crippen molar-refractivity contribution in [2.75, 3.05) is 24.3 Å². The van der Waals surface area contributed by atoms with E-state index >= 15 is 0 Å². The molecular weight excluding hydrogens is 409 g/mol. The number of hydrogen-bond donors (Lipinski definition) is 2. The first-order valence-corrected chi connectivity index (χ1v) is 10.4. The molecule has 1 spiro atoms. The van der Waals surface area contributed by atoms with Crippen LogP contribution in [0.15, 0.2) is 36.4 Å². The Balaban J connectivity index is 1.59. The fourth-order valence-electron chi connectivity index (χ4n) is 5.39. The van der Waals surface area contributed by atoms with Crippen LogP contribution in [0.1, 0.15) is 24.8 Å². The van der Waals surface area contributed by atoms with E-state index in [2.05, 4.69) is 15.5 Å². The summed E-state index contributed by atoms with van der Waals surface area (Å²) in [6, 6.07) is 9.33. The van der Waals surface area contributed by atoms with Gasteiger partial charge in [0.25, 0.3) is 0 Å². The highest BCUT2D eigenvalue weighted by Gasteiger charge is 2.65. The fraction of sp³-hybridized carbons (Fsp3) is 0.364. The third-order valence-electron chi connectivity index (χ3n) is 6.56. The van der Waals surface area contributed by atoms with E-state index in [0.29, 0.717) is 40.7 Å². The lowest BCUT2D eigenvalue weighted by molar-refractivity contribution is -0.135. The molecule has 2 fully saturated rings. The van der Waals surface area contributed by atoms with Crippen LogP contribution in [-0.4, -0.2) is 36.4 Å². The fourth-order valence-corrected chi connectivity index (χ4v) is 5.57. The monoisotopic (exact) mass is 429 g/mol. The number of nitrogens with zero attached hydrogens (tertiary/aromatic N) is 1. The van der Waals surface area contributed by atoms with Gasteiger partial charge in [0.2, 0.25) is 11.8 Å². The van der Waals surface area contributed by atoms with Gasteiger partial charge in [-0.2, -0.15) is 0 Å². The number of nitrogens with one attached hydrogen (secondary N) is 2. The van der Waals surface area contributed by atoms with E-state index in [-0.39, 0.29) is 17.9 Å². The maximum atomic E-state index is 14.2. The number of methoxy groups -OCH3 is 1. The molecule has 3 atom stereocenters. The van der Waals surface area contributed by atoms with Gasteiger partial charge in [-0.05, 0) is 62.2 Å². The molecule has 0 radical (unpaired) electrons. The summed E-state index contributed by atoms with van der Waals surface area (Å²) in [5.41, 5.74) is 0.325. The number of carbonyl (C=O) groups excluding carboxylic acids is 2. The summed E-state index contributed by atoms with van der Waals surface area (Å²) < 4.78 is 19.5. The molecule has 2 saturated heterocycles.